The Balaban J connectivity index is 1.59. The maximum atomic E-state index is 6.02. The molecule has 1 aliphatic rings. The number of hydrogen-bond donors (Lipinski definition) is 1. The molecule has 4 nitrogen and oxygen atoms in total. The molecule has 19 heavy (non-hydrogen) atoms. The van der Waals surface area contributed by atoms with Crippen molar-refractivity contribution >= 4 is 5.82 Å². The van der Waals surface area contributed by atoms with Crippen LogP contribution in [0.1, 0.15) is 30.1 Å². The Kier molecular flexibility index (Phi) is 3.51. The summed E-state index contributed by atoms with van der Waals surface area (Å²) >= 11 is 0. The SMILES string of the molecule is Nc1ccn(CCOC2CCCc3ccccc32)n1. The highest BCUT2D eigenvalue weighted by molar-refractivity contribution is 5.31. The lowest BCUT2D eigenvalue weighted by Gasteiger charge is -2.25. The van der Waals surface area contributed by atoms with E-state index in [9.17, 15) is 0 Å². The van der Waals surface area contributed by atoms with Crippen molar-refractivity contribution in [2.75, 3.05) is 12.3 Å². The van der Waals surface area contributed by atoms with Gasteiger partial charge < -0.3 is 10.5 Å². The lowest BCUT2D eigenvalue weighted by molar-refractivity contribution is 0.0344. The highest BCUT2D eigenvalue weighted by Gasteiger charge is 2.19. The number of nitrogens with two attached hydrogens (primary N) is 1. The molecule has 0 saturated heterocycles. The number of nitrogens with zero attached hydrogens (tertiary/aromatic N) is 2. The summed E-state index contributed by atoms with van der Waals surface area (Å²) in [4.78, 5) is 0. The van der Waals surface area contributed by atoms with E-state index in [1.165, 1.54) is 24.0 Å². The molecule has 0 aliphatic heterocycles. The summed E-state index contributed by atoms with van der Waals surface area (Å²) in [5, 5.41) is 4.15. The van der Waals surface area contributed by atoms with E-state index < -0.39 is 0 Å². The molecule has 2 N–H and O–H groups in total. The standard InChI is InChI=1S/C15H19N3O/c16-15-8-9-18(17-15)10-11-19-14-7-3-5-12-4-1-2-6-13(12)14/h1-2,4,6,8-9,14H,3,5,7,10-11H2,(H2,16,17). The second-order valence-electron chi connectivity index (χ2n) is 4.95. The zero-order valence-electron chi connectivity index (χ0n) is 11.0. The number of aryl methyl sites for hydroxylation is 1. The molecule has 0 spiro atoms. The van der Waals surface area contributed by atoms with Crippen molar-refractivity contribution in [3.05, 3.63) is 47.7 Å². The molecular weight excluding hydrogens is 238 g/mol. The second kappa shape index (κ2) is 5.45. The Bertz CT molecular complexity index is 550. The van der Waals surface area contributed by atoms with Gasteiger partial charge in [-0.2, -0.15) is 5.10 Å². The first-order chi connectivity index (χ1) is 9.33. The molecule has 1 atom stereocenters. The van der Waals surface area contributed by atoms with Gasteiger partial charge in [0.25, 0.3) is 0 Å². The van der Waals surface area contributed by atoms with Crippen LogP contribution in [0.4, 0.5) is 5.82 Å². The summed E-state index contributed by atoms with van der Waals surface area (Å²) in [6, 6.07) is 10.4. The molecule has 1 heterocycles. The smallest absolute Gasteiger partial charge is 0.145 e. The fourth-order valence-corrected chi connectivity index (χ4v) is 2.67. The zero-order chi connectivity index (χ0) is 13.1. The first-order valence-corrected chi connectivity index (χ1v) is 6.81. The average molecular weight is 257 g/mol. The Labute approximate surface area is 113 Å². The number of hydrogen-bond acceptors (Lipinski definition) is 3. The molecule has 0 radical (unpaired) electrons. The Morgan fingerprint density at radius 2 is 2.21 bits per heavy atom. The van der Waals surface area contributed by atoms with Crippen LogP contribution in [0.2, 0.25) is 0 Å². The van der Waals surface area contributed by atoms with E-state index in [0.29, 0.717) is 12.4 Å². The van der Waals surface area contributed by atoms with Gasteiger partial charge >= 0.3 is 0 Å². The Hall–Kier alpha value is -1.81. The molecule has 3 rings (SSSR count). The fourth-order valence-electron chi connectivity index (χ4n) is 2.67. The van der Waals surface area contributed by atoms with Crippen LogP contribution in [-0.2, 0) is 17.7 Å². The highest BCUT2D eigenvalue weighted by Crippen LogP contribution is 2.32. The van der Waals surface area contributed by atoms with E-state index in [2.05, 4.69) is 29.4 Å². The normalized spacial score (nSPS) is 18.2. The van der Waals surface area contributed by atoms with Crippen LogP contribution in [0, 0.1) is 0 Å². The maximum Gasteiger partial charge on any atom is 0.145 e. The zero-order valence-corrected chi connectivity index (χ0v) is 11.0. The summed E-state index contributed by atoms with van der Waals surface area (Å²) in [6.45, 7) is 1.41. The number of aromatic nitrogens is 2. The van der Waals surface area contributed by atoms with E-state index in [1.54, 1.807) is 6.07 Å². The van der Waals surface area contributed by atoms with Crippen molar-refractivity contribution < 1.29 is 4.74 Å². The molecule has 0 saturated carbocycles. The second-order valence-corrected chi connectivity index (χ2v) is 4.95. The van der Waals surface area contributed by atoms with E-state index in [4.69, 9.17) is 10.5 Å². The molecule has 0 bridgehead atoms. The predicted molar refractivity (Wildman–Crippen MR) is 74.7 cm³/mol. The summed E-state index contributed by atoms with van der Waals surface area (Å²) in [6.07, 6.45) is 5.60. The van der Waals surface area contributed by atoms with Crippen LogP contribution >= 0.6 is 0 Å². The summed E-state index contributed by atoms with van der Waals surface area (Å²) in [7, 11) is 0. The highest BCUT2D eigenvalue weighted by atomic mass is 16.5. The van der Waals surface area contributed by atoms with Gasteiger partial charge in [0, 0.05) is 6.20 Å². The predicted octanol–water partition coefficient (Wildman–Crippen LogP) is 2.56. The molecule has 1 aliphatic carbocycles. The third kappa shape index (κ3) is 2.79. The van der Waals surface area contributed by atoms with Gasteiger partial charge in [-0.05, 0) is 36.5 Å². The molecule has 2 aromatic rings. The number of rotatable bonds is 4. The van der Waals surface area contributed by atoms with E-state index in [0.717, 1.165) is 13.0 Å². The number of ether oxygens (including phenoxy) is 1. The fraction of sp³-hybridized carbons (Fsp3) is 0.400. The number of anilines is 1. The Morgan fingerprint density at radius 1 is 1.32 bits per heavy atom. The summed E-state index contributed by atoms with van der Waals surface area (Å²) in [5.41, 5.74) is 8.37. The minimum absolute atomic E-state index is 0.234. The monoisotopic (exact) mass is 257 g/mol. The van der Waals surface area contributed by atoms with Crippen LogP contribution in [0.15, 0.2) is 36.5 Å². The van der Waals surface area contributed by atoms with Crippen molar-refractivity contribution in [1.82, 2.24) is 9.78 Å². The summed E-state index contributed by atoms with van der Waals surface area (Å²) in [5.74, 6) is 0.558. The molecule has 1 aromatic carbocycles. The first kappa shape index (κ1) is 12.2. The first-order valence-electron chi connectivity index (χ1n) is 6.81. The molecular formula is C15H19N3O. The summed E-state index contributed by atoms with van der Waals surface area (Å²) < 4.78 is 7.84. The van der Waals surface area contributed by atoms with Crippen molar-refractivity contribution in [3.63, 3.8) is 0 Å². The van der Waals surface area contributed by atoms with Crippen LogP contribution in [0.5, 0.6) is 0 Å². The molecule has 1 aromatic heterocycles. The van der Waals surface area contributed by atoms with E-state index in [1.807, 2.05) is 10.9 Å². The lowest BCUT2D eigenvalue weighted by Crippen LogP contribution is -2.15. The van der Waals surface area contributed by atoms with Gasteiger partial charge in [0.2, 0.25) is 0 Å². The van der Waals surface area contributed by atoms with Gasteiger partial charge in [0.05, 0.1) is 19.3 Å². The quantitative estimate of drug-likeness (QED) is 0.915. The average Bonchev–Trinajstić information content (AvgIpc) is 2.85. The van der Waals surface area contributed by atoms with E-state index in [-0.39, 0.29) is 6.10 Å². The number of benzene rings is 1. The van der Waals surface area contributed by atoms with Crippen LogP contribution in [0.25, 0.3) is 0 Å². The molecule has 100 valence electrons. The topological polar surface area (TPSA) is 53.1 Å². The molecule has 0 fully saturated rings. The van der Waals surface area contributed by atoms with Crippen molar-refractivity contribution in [2.45, 2.75) is 31.9 Å². The molecule has 4 heteroatoms. The van der Waals surface area contributed by atoms with Gasteiger partial charge in [-0.1, -0.05) is 24.3 Å². The van der Waals surface area contributed by atoms with Gasteiger partial charge in [-0.3, -0.25) is 4.68 Å². The van der Waals surface area contributed by atoms with Crippen molar-refractivity contribution in [2.24, 2.45) is 0 Å². The minimum Gasteiger partial charge on any atom is -0.382 e. The lowest BCUT2D eigenvalue weighted by atomic mass is 9.89. The maximum absolute atomic E-state index is 6.02. The van der Waals surface area contributed by atoms with Gasteiger partial charge in [0.15, 0.2) is 0 Å². The van der Waals surface area contributed by atoms with Gasteiger partial charge in [-0.25, -0.2) is 0 Å². The van der Waals surface area contributed by atoms with E-state index >= 15 is 0 Å². The van der Waals surface area contributed by atoms with Crippen molar-refractivity contribution in [1.29, 1.82) is 0 Å². The minimum atomic E-state index is 0.234. The third-order valence-corrected chi connectivity index (χ3v) is 3.62. The number of nitrogen functional groups attached to an aromatic ring is 1. The molecule has 0 amide bonds. The molecule has 1 unspecified atom stereocenters. The van der Waals surface area contributed by atoms with Gasteiger partial charge in [0.1, 0.15) is 5.82 Å². The Morgan fingerprint density at radius 3 is 3.05 bits per heavy atom. The number of fused-ring (bicyclic) bond motifs is 1. The van der Waals surface area contributed by atoms with Crippen LogP contribution < -0.4 is 5.73 Å². The third-order valence-electron chi connectivity index (χ3n) is 3.62. The van der Waals surface area contributed by atoms with Crippen LogP contribution in [0.3, 0.4) is 0 Å². The van der Waals surface area contributed by atoms with Crippen molar-refractivity contribution in [3.8, 4) is 0 Å². The largest absolute Gasteiger partial charge is 0.382 e. The van der Waals surface area contributed by atoms with Crippen LogP contribution in [-0.4, -0.2) is 16.4 Å². The van der Waals surface area contributed by atoms with Gasteiger partial charge in [-0.15, -0.1) is 0 Å².